The maximum Gasteiger partial charge on any atom is 0.187 e. The van der Waals surface area contributed by atoms with E-state index in [9.17, 15) is 5.26 Å². The number of anilines is 1. The maximum atomic E-state index is 9.47. The first-order valence-corrected chi connectivity index (χ1v) is 9.68. The highest BCUT2D eigenvalue weighted by Gasteiger charge is 2.14. The van der Waals surface area contributed by atoms with Crippen LogP contribution in [0.4, 0.5) is 5.13 Å². The third kappa shape index (κ3) is 3.05. The summed E-state index contributed by atoms with van der Waals surface area (Å²) < 4.78 is 1.09. The molecule has 1 aromatic carbocycles. The SMILES string of the molecule is N#CC(=CNc1nc2c(s1)CCCCC2)c1nc2ccccc2s1. The van der Waals surface area contributed by atoms with E-state index < -0.39 is 0 Å². The molecule has 3 aromatic rings. The van der Waals surface area contributed by atoms with E-state index >= 15 is 0 Å². The Labute approximate surface area is 148 Å². The number of benzene rings is 1. The molecule has 1 N–H and O–H groups in total. The number of fused-ring (bicyclic) bond motifs is 2. The number of hydrogen-bond acceptors (Lipinski definition) is 6. The van der Waals surface area contributed by atoms with Crippen LogP contribution < -0.4 is 5.32 Å². The van der Waals surface area contributed by atoms with Crippen molar-refractivity contribution in [2.45, 2.75) is 32.1 Å². The summed E-state index contributed by atoms with van der Waals surface area (Å²) in [5, 5.41) is 14.3. The molecule has 0 fully saturated rings. The molecule has 0 saturated carbocycles. The minimum absolute atomic E-state index is 0.543. The Kier molecular flexibility index (Phi) is 4.28. The standard InChI is InChI=1S/C18H16N4S2/c19-10-12(17-21-13-7-4-5-9-15(13)23-17)11-20-18-22-14-6-2-1-3-8-16(14)24-18/h4-5,7,9,11H,1-3,6,8H2,(H,20,22). The Bertz CT molecular complexity index is 889. The van der Waals surface area contributed by atoms with Gasteiger partial charge in [0.15, 0.2) is 5.13 Å². The van der Waals surface area contributed by atoms with Crippen LogP contribution in [0, 0.1) is 11.3 Å². The van der Waals surface area contributed by atoms with E-state index in [0.29, 0.717) is 5.57 Å². The van der Waals surface area contributed by atoms with Crippen molar-refractivity contribution in [2.75, 3.05) is 5.32 Å². The van der Waals surface area contributed by atoms with E-state index in [0.717, 1.165) is 33.2 Å². The van der Waals surface area contributed by atoms with Gasteiger partial charge in [0.2, 0.25) is 0 Å². The number of allylic oxidation sites excluding steroid dienone is 1. The van der Waals surface area contributed by atoms with Gasteiger partial charge in [-0.15, -0.1) is 22.7 Å². The highest BCUT2D eigenvalue weighted by molar-refractivity contribution is 7.19. The Hall–Kier alpha value is -2.23. The quantitative estimate of drug-likeness (QED) is 0.532. The van der Waals surface area contributed by atoms with Crippen LogP contribution in [0.5, 0.6) is 0 Å². The zero-order valence-corrected chi connectivity index (χ0v) is 14.7. The van der Waals surface area contributed by atoms with Crippen molar-refractivity contribution in [3.8, 4) is 6.07 Å². The molecule has 120 valence electrons. The second kappa shape index (κ2) is 6.71. The molecule has 0 unspecified atom stereocenters. The summed E-state index contributed by atoms with van der Waals surface area (Å²) in [5.41, 5.74) is 2.70. The highest BCUT2D eigenvalue weighted by atomic mass is 32.1. The number of nitrogens with one attached hydrogen (secondary N) is 1. The van der Waals surface area contributed by atoms with Gasteiger partial charge in [0.05, 0.1) is 15.9 Å². The van der Waals surface area contributed by atoms with Gasteiger partial charge < -0.3 is 5.32 Å². The van der Waals surface area contributed by atoms with Crippen LogP contribution >= 0.6 is 22.7 Å². The van der Waals surface area contributed by atoms with E-state index in [1.807, 2.05) is 24.3 Å². The molecule has 1 aliphatic rings. The Morgan fingerprint density at radius 3 is 2.88 bits per heavy atom. The molecule has 0 radical (unpaired) electrons. The normalized spacial score (nSPS) is 14.9. The summed E-state index contributed by atoms with van der Waals surface area (Å²) >= 11 is 3.24. The second-order valence-corrected chi connectivity index (χ2v) is 7.86. The van der Waals surface area contributed by atoms with Gasteiger partial charge in [-0.3, -0.25) is 0 Å². The van der Waals surface area contributed by atoms with Gasteiger partial charge in [0.1, 0.15) is 16.6 Å². The van der Waals surface area contributed by atoms with Crippen molar-refractivity contribution >= 4 is 43.6 Å². The lowest BCUT2D eigenvalue weighted by molar-refractivity contribution is 0.709. The Balaban J connectivity index is 1.58. The lowest BCUT2D eigenvalue weighted by atomic mass is 10.2. The number of nitriles is 1. The molecular weight excluding hydrogens is 336 g/mol. The lowest BCUT2D eigenvalue weighted by Gasteiger charge is -1.96. The van der Waals surface area contributed by atoms with Gasteiger partial charge in [0.25, 0.3) is 0 Å². The largest absolute Gasteiger partial charge is 0.337 e. The molecule has 0 amide bonds. The summed E-state index contributed by atoms with van der Waals surface area (Å²) in [6, 6.07) is 10.2. The fourth-order valence-corrected chi connectivity index (χ4v) is 4.80. The van der Waals surface area contributed by atoms with E-state index in [1.54, 1.807) is 17.5 Å². The molecule has 0 saturated heterocycles. The van der Waals surface area contributed by atoms with E-state index in [1.165, 1.54) is 41.2 Å². The van der Waals surface area contributed by atoms with Gasteiger partial charge in [0, 0.05) is 11.1 Å². The van der Waals surface area contributed by atoms with Gasteiger partial charge >= 0.3 is 0 Å². The van der Waals surface area contributed by atoms with Crippen molar-refractivity contribution in [2.24, 2.45) is 0 Å². The van der Waals surface area contributed by atoms with Gasteiger partial charge in [-0.05, 0) is 37.8 Å². The van der Waals surface area contributed by atoms with Crippen LogP contribution in [-0.4, -0.2) is 9.97 Å². The number of aromatic nitrogens is 2. The van der Waals surface area contributed by atoms with Crippen LogP contribution in [0.2, 0.25) is 0 Å². The van der Waals surface area contributed by atoms with E-state index in [4.69, 9.17) is 0 Å². The van der Waals surface area contributed by atoms with Crippen LogP contribution in [0.1, 0.15) is 34.8 Å². The molecule has 2 heterocycles. The minimum atomic E-state index is 0.543. The predicted octanol–water partition coefficient (Wildman–Crippen LogP) is 5.00. The van der Waals surface area contributed by atoms with Crippen molar-refractivity contribution in [3.63, 3.8) is 0 Å². The number of para-hydroxylation sites is 1. The molecule has 4 nitrogen and oxygen atoms in total. The topological polar surface area (TPSA) is 61.6 Å². The van der Waals surface area contributed by atoms with E-state index in [2.05, 4.69) is 21.4 Å². The fourth-order valence-electron chi connectivity index (χ4n) is 2.85. The van der Waals surface area contributed by atoms with E-state index in [-0.39, 0.29) is 0 Å². The average molecular weight is 352 g/mol. The van der Waals surface area contributed by atoms with Crippen molar-refractivity contribution in [1.29, 1.82) is 5.26 Å². The number of aryl methyl sites for hydroxylation is 2. The summed E-state index contributed by atoms with van der Waals surface area (Å²) in [6.07, 6.45) is 7.69. The first kappa shape index (κ1) is 15.3. The number of hydrogen-bond donors (Lipinski definition) is 1. The number of rotatable bonds is 3. The molecule has 0 bridgehead atoms. The first-order chi connectivity index (χ1) is 11.8. The van der Waals surface area contributed by atoms with Crippen molar-refractivity contribution in [1.82, 2.24) is 9.97 Å². The molecule has 0 aliphatic heterocycles. The summed E-state index contributed by atoms with van der Waals surface area (Å²) in [5.74, 6) is 0. The van der Waals surface area contributed by atoms with Crippen LogP contribution in [-0.2, 0) is 12.8 Å². The molecule has 0 spiro atoms. The van der Waals surface area contributed by atoms with Crippen molar-refractivity contribution in [3.05, 3.63) is 46.0 Å². The zero-order chi connectivity index (χ0) is 16.4. The molecular formula is C18H16N4S2. The first-order valence-electron chi connectivity index (χ1n) is 8.05. The Morgan fingerprint density at radius 2 is 2.00 bits per heavy atom. The fraction of sp³-hybridized carbons (Fsp3) is 0.278. The number of nitrogens with zero attached hydrogens (tertiary/aromatic N) is 3. The second-order valence-electron chi connectivity index (χ2n) is 5.75. The molecule has 0 atom stereocenters. The monoisotopic (exact) mass is 352 g/mol. The zero-order valence-electron chi connectivity index (χ0n) is 13.1. The summed E-state index contributed by atoms with van der Waals surface area (Å²) in [7, 11) is 0. The molecule has 1 aliphatic carbocycles. The lowest BCUT2D eigenvalue weighted by Crippen LogP contribution is -1.91. The van der Waals surface area contributed by atoms with Crippen molar-refractivity contribution < 1.29 is 0 Å². The third-order valence-electron chi connectivity index (χ3n) is 4.08. The summed E-state index contributed by atoms with van der Waals surface area (Å²) in [4.78, 5) is 10.6. The molecule has 4 rings (SSSR count). The maximum absolute atomic E-state index is 9.47. The molecule has 6 heteroatoms. The summed E-state index contributed by atoms with van der Waals surface area (Å²) in [6.45, 7) is 0. The molecule has 2 aromatic heterocycles. The van der Waals surface area contributed by atoms with Crippen LogP contribution in [0.25, 0.3) is 15.8 Å². The predicted molar refractivity (Wildman–Crippen MR) is 100 cm³/mol. The smallest absolute Gasteiger partial charge is 0.187 e. The van der Waals surface area contributed by atoms with Gasteiger partial charge in [-0.1, -0.05) is 18.6 Å². The molecule has 24 heavy (non-hydrogen) atoms. The minimum Gasteiger partial charge on any atom is -0.337 e. The third-order valence-corrected chi connectivity index (χ3v) is 6.24. The Morgan fingerprint density at radius 1 is 1.12 bits per heavy atom. The highest BCUT2D eigenvalue weighted by Crippen LogP contribution is 2.30. The van der Waals surface area contributed by atoms with Gasteiger partial charge in [-0.25, -0.2) is 9.97 Å². The van der Waals surface area contributed by atoms with Crippen LogP contribution in [0.15, 0.2) is 30.5 Å². The van der Waals surface area contributed by atoms with Gasteiger partial charge in [-0.2, -0.15) is 5.26 Å². The number of thiazole rings is 2. The van der Waals surface area contributed by atoms with Crippen LogP contribution in [0.3, 0.4) is 0 Å². The average Bonchev–Trinajstić information content (AvgIpc) is 3.13.